The number of rotatable bonds is 7. The van der Waals surface area contributed by atoms with Crippen molar-refractivity contribution >= 4 is 17.8 Å². The number of aliphatic carboxylic acids is 1. The van der Waals surface area contributed by atoms with Crippen LogP contribution in [-0.4, -0.2) is 41.0 Å². The van der Waals surface area contributed by atoms with Crippen LogP contribution in [0.25, 0.3) is 0 Å². The minimum Gasteiger partial charge on any atom is -0.480 e. The number of amides is 2. The molecule has 1 atom stereocenters. The van der Waals surface area contributed by atoms with Crippen LogP contribution in [0.1, 0.15) is 47.0 Å². The lowest BCUT2D eigenvalue weighted by molar-refractivity contribution is -0.139. The zero-order valence-electron chi connectivity index (χ0n) is 12.0. The molecule has 7 heteroatoms. The van der Waals surface area contributed by atoms with E-state index in [0.717, 1.165) is 6.42 Å². The summed E-state index contributed by atoms with van der Waals surface area (Å²) >= 11 is 0. The number of pyridine rings is 1. The second-order valence-corrected chi connectivity index (χ2v) is 4.52. The van der Waals surface area contributed by atoms with E-state index in [1.54, 1.807) is 0 Å². The van der Waals surface area contributed by atoms with Gasteiger partial charge in [0.25, 0.3) is 11.8 Å². The third-order valence-electron chi connectivity index (χ3n) is 2.94. The van der Waals surface area contributed by atoms with E-state index >= 15 is 0 Å². The number of carboxylic acids is 1. The van der Waals surface area contributed by atoms with Gasteiger partial charge in [-0.3, -0.25) is 14.6 Å². The zero-order valence-corrected chi connectivity index (χ0v) is 12.0. The molecule has 0 aliphatic heterocycles. The molecule has 0 aliphatic rings. The van der Waals surface area contributed by atoms with Crippen LogP contribution in [-0.2, 0) is 4.79 Å². The Morgan fingerprint density at radius 3 is 2.48 bits per heavy atom. The highest BCUT2D eigenvalue weighted by molar-refractivity contribution is 5.97. The first-order valence-electron chi connectivity index (χ1n) is 6.71. The van der Waals surface area contributed by atoms with E-state index in [0.29, 0.717) is 12.8 Å². The Bertz CT molecular complexity index is 513. The number of hydrogen-bond acceptors (Lipinski definition) is 4. The summed E-state index contributed by atoms with van der Waals surface area (Å²) < 4.78 is 0. The predicted octanol–water partition coefficient (Wildman–Crippen LogP) is 0.814. The van der Waals surface area contributed by atoms with E-state index in [4.69, 9.17) is 5.11 Å². The lowest BCUT2D eigenvalue weighted by Gasteiger charge is -2.14. The second-order valence-electron chi connectivity index (χ2n) is 4.52. The SMILES string of the molecule is CCCCC(NC(=O)c1ccc(C(=O)NC)nc1)C(=O)O. The first kappa shape index (κ1) is 16.6. The van der Waals surface area contributed by atoms with Gasteiger partial charge in [-0.05, 0) is 18.6 Å². The molecule has 1 aromatic heterocycles. The number of aromatic nitrogens is 1. The molecule has 0 saturated heterocycles. The molecule has 2 amide bonds. The summed E-state index contributed by atoms with van der Waals surface area (Å²) in [6, 6.07) is 1.93. The zero-order chi connectivity index (χ0) is 15.8. The van der Waals surface area contributed by atoms with Gasteiger partial charge in [-0.25, -0.2) is 4.79 Å². The van der Waals surface area contributed by atoms with Crippen molar-refractivity contribution in [2.45, 2.75) is 32.2 Å². The van der Waals surface area contributed by atoms with Crippen LogP contribution >= 0.6 is 0 Å². The molecule has 0 aromatic carbocycles. The summed E-state index contributed by atoms with van der Waals surface area (Å²) in [5, 5.41) is 13.9. The summed E-state index contributed by atoms with van der Waals surface area (Å²) in [5.74, 6) is -1.94. The van der Waals surface area contributed by atoms with Crippen molar-refractivity contribution in [2.24, 2.45) is 0 Å². The molecule has 1 aromatic rings. The van der Waals surface area contributed by atoms with Crippen molar-refractivity contribution in [1.29, 1.82) is 0 Å². The van der Waals surface area contributed by atoms with Crippen molar-refractivity contribution in [3.8, 4) is 0 Å². The fourth-order valence-corrected chi connectivity index (χ4v) is 1.70. The Morgan fingerprint density at radius 1 is 1.29 bits per heavy atom. The Balaban J connectivity index is 2.73. The smallest absolute Gasteiger partial charge is 0.326 e. The first-order valence-corrected chi connectivity index (χ1v) is 6.71. The van der Waals surface area contributed by atoms with Crippen LogP contribution in [0.3, 0.4) is 0 Å². The monoisotopic (exact) mass is 293 g/mol. The van der Waals surface area contributed by atoms with Crippen molar-refractivity contribution in [3.63, 3.8) is 0 Å². The molecule has 0 bridgehead atoms. The van der Waals surface area contributed by atoms with E-state index in [9.17, 15) is 14.4 Å². The van der Waals surface area contributed by atoms with E-state index in [1.165, 1.54) is 25.4 Å². The van der Waals surface area contributed by atoms with Gasteiger partial charge in [-0.2, -0.15) is 0 Å². The third kappa shape index (κ3) is 4.87. The van der Waals surface area contributed by atoms with Gasteiger partial charge >= 0.3 is 5.97 Å². The third-order valence-corrected chi connectivity index (χ3v) is 2.94. The van der Waals surface area contributed by atoms with Gasteiger partial charge in [-0.15, -0.1) is 0 Å². The molecular formula is C14H19N3O4. The summed E-state index contributed by atoms with van der Waals surface area (Å²) in [4.78, 5) is 38.2. The van der Waals surface area contributed by atoms with Gasteiger partial charge in [0.1, 0.15) is 11.7 Å². The Kier molecular flexibility index (Phi) is 6.32. The van der Waals surface area contributed by atoms with Gasteiger partial charge in [0.15, 0.2) is 0 Å². The number of carbonyl (C=O) groups excluding carboxylic acids is 2. The van der Waals surface area contributed by atoms with Crippen molar-refractivity contribution in [2.75, 3.05) is 7.05 Å². The minimum absolute atomic E-state index is 0.190. The highest BCUT2D eigenvalue weighted by Crippen LogP contribution is 2.05. The van der Waals surface area contributed by atoms with Gasteiger partial charge in [0.2, 0.25) is 0 Å². The molecule has 0 saturated carbocycles. The summed E-state index contributed by atoms with van der Waals surface area (Å²) in [5.41, 5.74) is 0.403. The molecule has 0 fully saturated rings. The topological polar surface area (TPSA) is 108 Å². The molecule has 1 heterocycles. The Morgan fingerprint density at radius 2 is 2.00 bits per heavy atom. The maximum absolute atomic E-state index is 12.0. The van der Waals surface area contributed by atoms with Crippen molar-refractivity contribution in [1.82, 2.24) is 15.6 Å². The summed E-state index contributed by atoms with van der Waals surface area (Å²) in [6.45, 7) is 1.95. The van der Waals surface area contributed by atoms with E-state index in [1.807, 2.05) is 6.92 Å². The molecule has 0 radical (unpaired) electrons. The van der Waals surface area contributed by atoms with Gasteiger partial charge < -0.3 is 15.7 Å². The minimum atomic E-state index is -1.06. The lowest BCUT2D eigenvalue weighted by Crippen LogP contribution is -2.40. The predicted molar refractivity (Wildman–Crippen MR) is 76.0 cm³/mol. The highest BCUT2D eigenvalue weighted by Gasteiger charge is 2.20. The van der Waals surface area contributed by atoms with Crippen LogP contribution in [0.4, 0.5) is 0 Å². The first-order chi connectivity index (χ1) is 9.99. The molecule has 1 rings (SSSR count). The van der Waals surface area contributed by atoms with Crippen LogP contribution in [0.15, 0.2) is 18.3 Å². The van der Waals surface area contributed by atoms with Gasteiger partial charge in [-0.1, -0.05) is 19.8 Å². The largest absolute Gasteiger partial charge is 0.480 e. The number of unbranched alkanes of at least 4 members (excludes halogenated alkanes) is 1. The van der Waals surface area contributed by atoms with Crippen LogP contribution in [0.5, 0.6) is 0 Å². The molecule has 7 nitrogen and oxygen atoms in total. The molecule has 21 heavy (non-hydrogen) atoms. The van der Waals surface area contributed by atoms with Crippen molar-refractivity contribution < 1.29 is 19.5 Å². The normalized spacial score (nSPS) is 11.5. The van der Waals surface area contributed by atoms with Gasteiger partial charge in [0, 0.05) is 13.2 Å². The maximum atomic E-state index is 12.0. The number of carbonyl (C=O) groups is 3. The van der Waals surface area contributed by atoms with Gasteiger partial charge in [0.05, 0.1) is 5.56 Å². The molecule has 1 unspecified atom stereocenters. The molecule has 0 aliphatic carbocycles. The van der Waals surface area contributed by atoms with E-state index < -0.39 is 17.9 Å². The number of nitrogens with zero attached hydrogens (tertiary/aromatic N) is 1. The Hall–Kier alpha value is -2.44. The molecule has 3 N–H and O–H groups in total. The van der Waals surface area contributed by atoms with Crippen LogP contribution in [0.2, 0.25) is 0 Å². The molecule has 114 valence electrons. The number of nitrogens with one attached hydrogen (secondary N) is 2. The number of hydrogen-bond donors (Lipinski definition) is 3. The lowest BCUT2D eigenvalue weighted by atomic mass is 10.1. The maximum Gasteiger partial charge on any atom is 0.326 e. The molecule has 0 spiro atoms. The van der Waals surface area contributed by atoms with Crippen LogP contribution < -0.4 is 10.6 Å². The van der Waals surface area contributed by atoms with E-state index in [2.05, 4.69) is 15.6 Å². The standard InChI is InChI=1S/C14H19N3O4/c1-3-4-5-11(14(20)21)17-12(18)9-6-7-10(16-8-9)13(19)15-2/h6-8,11H,3-5H2,1-2H3,(H,15,19)(H,17,18)(H,20,21). The summed E-state index contributed by atoms with van der Waals surface area (Å²) in [7, 11) is 1.48. The quantitative estimate of drug-likeness (QED) is 0.689. The van der Waals surface area contributed by atoms with Crippen LogP contribution in [0, 0.1) is 0 Å². The Labute approximate surface area is 122 Å². The average molecular weight is 293 g/mol. The molecular weight excluding hydrogens is 274 g/mol. The fraction of sp³-hybridized carbons (Fsp3) is 0.429. The highest BCUT2D eigenvalue weighted by atomic mass is 16.4. The number of carboxylic acid groups (broad SMARTS) is 1. The second kappa shape index (κ2) is 7.98. The fourth-order valence-electron chi connectivity index (χ4n) is 1.70. The summed E-state index contributed by atoms with van der Waals surface area (Å²) in [6.07, 6.45) is 3.19. The van der Waals surface area contributed by atoms with E-state index in [-0.39, 0.29) is 17.2 Å². The average Bonchev–Trinajstić information content (AvgIpc) is 2.50. The van der Waals surface area contributed by atoms with Crippen molar-refractivity contribution in [3.05, 3.63) is 29.6 Å².